The summed E-state index contributed by atoms with van der Waals surface area (Å²) in [7, 11) is 1.58. The number of amides is 1. The van der Waals surface area contributed by atoms with E-state index in [9.17, 15) is 9.59 Å². The fraction of sp³-hybridized carbons (Fsp3) is 0.150. The summed E-state index contributed by atoms with van der Waals surface area (Å²) in [5.74, 6) is 0.284. The maximum absolute atomic E-state index is 12.6. The minimum absolute atomic E-state index is 0.301. The maximum Gasteiger partial charge on any atom is 0.338 e. The summed E-state index contributed by atoms with van der Waals surface area (Å²) in [5, 5.41) is 6.49. The molecule has 3 rings (SSSR count). The number of hydrogen-bond acceptors (Lipinski definition) is 6. The van der Waals surface area contributed by atoms with E-state index in [0.29, 0.717) is 40.5 Å². The fourth-order valence-electron chi connectivity index (χ4n) is 2.45. The molecule has 2 aromatic carbocycles. The number of nitrogens with zero attached hydrogens (tertiary/aromatic N) is 1. The van der Waals surface area contributed by atoms with Gasteiger partial charge in [0.2, 0.25) is 0 Å². The Labute approximate surface area is 155 Å². The van der Waals surface area contributed by atoms with Crippen LogP contribution in [-0.2, 0) is 4.74 Å². The first-order valence-corrected chi connectivity index (χ1v) is 8.30. The normalized spacial score (nSPS) is 10.3. The summed E-state index contributed by atoms with van der Waals surface area (Å²) in [6.07, 6.45) is 1.36. The van der Waals surface area contributed by atoms with E-state index in [0.717, 1.165) is 0 Å². The molecule has 0 aliphatic heterocycles. The van der Waals surface area contributed by atoms with Crippen LogP contribution in [-0.4, -0.2) is 30.7 Å². The molecule has 3 aromatic rings. The summed E-state index contributed by atoms with van der Waals surface area (Å²) in [6, 6.07) is 13.5. The molecule has 0 unspecified atom stereocenters. The van der Waals surface area contributed by atoms with Crippen molar-refractivity contribution in [1.82, 2.24) is 5.16 Å². The number of nitrogens with one attached hydrogen (secondary N) is 1. The predicted octanol–water partition coefficient (Wildman–Crippen LogP) is 3.78. The molecule has 0 bridgehead atoms. The van der Waals surface area contributed by atoms with Gasteiger partial charge in [0.25, 0.3) is 5.91 Å². The van der Waals surface area contributed by atoms with Crippen molar-refractivity contribution in [2.75, 3.05) is 19.0 Å². The van der Waals surface area contributed by atoms with Crippen LogP contribution < -0.4 is 10.1 Å². The minimum Gasteiger partial charge on any atom is -0.497 e. The molecule has 7 nitrogen and oxygen atoms in total. The lowest BCUT2D eigenvalue weighted by molar-refractivity contribution is 0.0526. The highest BCUT2D eigenvalue weighted by Gasteiger charge is 2.18. The smallest absolute Gasteiger partial charge is 0.338 e. The lowest BCUT2D eigenvalue weighted by Gasteiger charge is -2.07. The standard InChI is InChI=1S/C20H18N2O5/c1-3-26-20(24)14-4-8-15(9-5-14)22-19(23)17-12-21-27-18(17)13-6-10-16(25-2)11-7-13/h4-12H,3H2,1-2H3,(H,22,23). The van der Waals surface area contributed by atoms with Crippen molar-refractivity contribution in [2.24, 2.45) is 0 Å². The molecule has 0 saturated carbocycles. The third-order valence-corrected chi connectivity index (χ3v) is 3.82. The molecular formula is C20H18N2O5. The summed E-state index contributed by atoms with van der Waals surface area (Å²) >= 11 is 0. The molecule has 1 N–H and O–H groups in total. The molecule has 1 aromatic heterocycles. The molecule has 1 heterocycles. The zero-order valence-corrected chi connectivity index (χ0v) is 14.9. The van der Waals surface area contributed by atoms with Crippen LogP contribution in [0, 0.1) is 0 Å². The second kappa shape index (κ2) is 8.18. The third kappa shape index (κ3) is 4.14. The third-order valence-electron chi connectivity index (χ3n) is 3.82. The molecule has 0 spiro atoms. The zero-order valence-electron chi connectivity index (χ0n) is 14.9. The molecule has 138 valence electrons. The number of carbonyl (C=O) groups is 2. The van der Waals surface area contributed by atoms with Crippen molar-refractivity contribution in [3.8, 4) is 17.1 Å². The number of benzene rings is 2. The maximum atomic E-state index is 12.6. The Morgan fingerprint density at radius 3 is 2.41 bits per heavy atom. The Hall–Kier alpha value is -3.61. The molecule has 0 atom stereocenters. The Morgan fingerprint density at radius 1 is 1.07 bits per heavy atom. The van der Waals surface area contributed by atoms with E-state index >= 15 is 0 Å². The Bertz CT molecular complexity index is 930. The van der Waals surface area contributed by atoms with E-state index in [-0.39, 0.29) is 5.91 Å². The highest BCUT2D eigenvalue weighted by atomic mass is 16.5. The van der Waals surface area contributed by atoms with Gasteiger partial charge in [0.05, 0.1) is 25.5 Å². The van der Waals surface area contributed by atoms with Gasteiger partial charge in [-0.3, -0.25) is 4.79 Å². The van der Waals surface area contributed by atoms with Crippen molar-refractivity contribution < 1.29 is 23.6 Å². The van der Waals surface area contributed by atoms with E-state index in [1.165, 1.54) is 6.20 Å². The van der Waals surface area contributed by atoms with Crippen molar-refractivity contribution in [2.45, 2.75) is 6.92 Å². The molecule has 0 fully saturated rings. The lowest BCUT2D eigenvalue weighted by Crippen LogP contribution is -2.12. The first-order valence-electron chi connectivity index (χ1n) is 8.30. The first-order chi connectivity index (χ1) is 13.1. The van der Waals surface area contributed by atoms with Gasteiger partial charge in [-0.2, -0.15) is 0 Å². The van der Waals surface area contributed by atoms with Gasteiger partial charge in [0.15, 0.2) is 5.76 Å². The number of ether oxygens (including phenoxy) is 2. The van der Waals surface area contributed by atoms with E-state index in [1.807, 2.05) is 0 Å². The Morgan fingerprint density at radius 2 is 1.78 bits per heavy atom. The van der Waals surface area contributed by atoms with Crippen LogP contribution in [0.15, 0.2) is 59.3 Å². The van der Waals surface area contributed by atoms with Gasteiger partial charge in [-0.1, -0.05) is 5.16 Å². The van der Waals surface area contributed by atoms with Crippen LogP contribution in [0.2, 0.25) is 0 Å². The molecule has 1 amide bonds. The number of rotatable bonds is 6. The summed E-state index contributed by atoms with van der Waals surface area (Å²) in [5.41, 5.74) is 1.96. The van der Waals surface area contributed by atoms with Crippen LogP contribution in [0.1, 0.15) is 27.6 Å². The average molecular weight is 366 g/mol. The van der Waals surface area contributed by atoms with Gasteiger partial charge >= 0.3 is 5.97 Å². The molecule has 7 heteroatoms. The number of methoxy groups -OCH3 is 1. The topological polar surface area (TPSA) is 90.7 Å². The lowest BCUT2D eigenvalue weighted by atomic mass is 10.1. The van der Waals surface area contributed by atoms with Gasteiger partial charge in [0, 0.05) is 11.3 Å². The van der Waals surface area contributed by atoms with Crippen molar-refractivity contribution >= 4 is 17.6 Å². The van der Waals surface area contributed by atoms with Crippen molar-refractivity contribution in [3.05, 3.63) is 65.9 Å². The highest BCUT2D eigenvalue weighted by Crippen LogP contribution is 2.26. The van der Waals surface area contributed by atoms with Gasteiger partial charge in [0.1, 0.15) is 11.3 Å². The van der Waals surface area contributed by atoms with Crippen LogP contribution >= 0.6 is 0 Å². The molecular weight excluding hydrogens is 348 g/mol. The molecule has 0 radical (unpaired) electrons. The van der Waals surface area contributed by atoms with Crippen molar-refractivity contribution in [1.29, 1.82) is 0 Å². The second-order valence-electron chi connectivity index (χ2n) is 5.55. The predicted molar refractivity (Wildman–Crippen MR) is 98.8 cm³/mol. The fourth-order valence-corrected chi connectivity index (χ4v) is 2.45. The first kappa shape index (κ1) is 18.2. The number of carbonyl (C=O) groups excluding carboxylic acids is 2. The van der Waals surface area contributed by atoms with Crippen LogP contribution in [0.25, 0.3) is 11.3 Å². The van der Waals surface area contributed by atoms with Gasteiger partial charge in [-0.25, -0.2) is 4.79 Å². The minimum atomic E-state index is -0.406. The second-order valence-corrected chi connectivity index (χ2v) is 5.55. The van der Waals surface area contributed by atoms with E-state index in [4.69, 9.17) is 14.0 Å². The van der Waals surface area contributed by atoms with Gasteiger partial charge in [-0.15, -0.1) is 0 Å². The van der Waals surface area contributed by atoms with Gasteiger partial charge < -0.3 is 19.3 Å². The monoisotopic (exact) mass is 366 g/mol. The summed E-state index contributed by atoms with van der Waals surface area (Å²) < 4.78 is 15.3. The average Bonchev–Trinajstić information content (AvgIpc) is 3.19. The summed E-state index contributed by atoms with van der Waals surface area (Å²) in [6.45, 7) is 2.05. The van der Waals surface area contributed by atoms with Crippen LogP contribution in [0.4, 0.5) is 5.69 Å². The number of esters is 1. The van der Waals surface area contributed by atoms with E-state index in [1.54, 1.807) is 62.6 Å². The van der Waals surface area contributed by atoms with Crippen LogP contribution in [0.3, 0.4) is 0 Å². The number of aromatic nitrogens is 1. The Balaban J connectivity index is 1.75. The largest absolute Gasteiger partial charge is 0.497 e. The molecule has 0 aliphatic carbocycles. The van der Waals surface area contributed by atoms with E-state index in [2.05, 4.69) is 10.5 Å². The molecule has 0 aliphatic rings. The quantitative estimate of drug-likeness (QED) is 0.668. The zero-order chi connectivity index (χ0) is 19.2. The van der Waals surface area contributed by atoms with Crippen molar-refractivity contribution in [3.63, 3.8) is 0 Å². The summed E-state index contributed by atoms with van der Waals surface area (Å²) in [4.78, 5) is 24.3. The molecule has 27 heavy (non-hydrogen) atoms. The Kier molecular flexibility index (Phi) is 5.51. The van der Waals surface area contributed by atoms with Gasteiger partial charge in [-0.05, 0) is 55.5 Å². The van der Waals surface area contributed by atoms with Crippen LogP contribution in [0.5, 0.6) is 5.75 Å². The number of anilines is 1. The molecule has 0 saturated heterocycles. The van der Waals surface area contributed by atoms with E-state index < -0.39 is 5.97 Å². The SMILES string of the molecule is CCOC(=O)c1ccc(NC(=O)c2cnoc2-c2ccc(OC)cc2)cc1. The number of hydrogen-bond donors (Lipinski definition) is 1. The highest BCUT2D eigenvalue weighted by molar-refractivity contribution is 6.07.